The SMILES string of the molecule is O=C1COc2cc(C(O)CN3CCCCC3Cc3ccccc3)ccc2N1. The maximum atomic E-state index is 11.4. The third-order valence-corrected chi connectivity index (χ3v) is 5.49. The Hall–Kier alpha value is -2.37. The van der Waals surface area contributed by atoms with E-state index < -0.39 is 6.10 Å². The highest BCUT2D eigenvalue weighted by Crippen LogP contribution is 2.32. The standard InChI is InChI=1S/C22H26N2O3/c25-20(17-9-10-19-21(13-17)27-15-22(26)23-19)14-24-11-5-4-8-18(24)12-16-6-2-1-3-7-16/h1-3,6-7,9-10,13,18,20,25H,4-5,8,11-12,14-15H2,(H,23,26). The molecule has 5 nitrogen and oxygen atoms in total. The van der Waals surface area contributed by atoms with E-state index in [0.717, 1.165) is 18.5 Å². The number of piperidine rings is 1. The van der Waals surface area contributed by atoms with Crippen molar-refractivity contribution in [2.75, 3.05) is 25.0 Å². The summed E-state index contributed by atoms with van der Waals surface area (Å²) in [4.78, 5) is 13.8. The third kappa shape index (κ3) is 4.31. The smallest absolute Gasteiger partial charge is 0.262 e. The lowest BCUT2D eigenvalue weighted by Gasteiger charge is -2.37. The van der Waals surface area contributed by atoms with Gasteiger partial charge in [-0.1, -0.05) is 42.8 Å². The molecule has 0 bridgehead atoms. The lowest BCUT2D eigenvalue weighted by atomic mass is 9.94. The normalized spacial score (nSPS) is 21.1. The van der Waals surface area contributed by atoms with Crippen molar-refractivity contribution in [2.45, 2.75) is 37.8 Å². The topological polar surface area (TPSA) is 61.8 Å². The molecule has 2 aliphatic rings. The molecule has 1 amide bonds. The number of amides is 1. The molecule has 0 radical (unpaired) electrons. The second-order valence-electron chi connectivity index (χ2n) is 7.44. The fourth-order valence-electron chi connectivity index (χ4n) is 4.04. The van der Waals surface area contributed by atoms with E-state index in [1.807, 2.05) is 24.3 Å². The number of carbonyl (C=O) groups excluding carboxylic acids is 1. The second-order valence-corrected chi connectivity index (χ2v) is 7.44. The van der Waals surface area contributed by atoms with Crippen LogP contribution in [0.1, 0.15) is 36.5 Å². The Balaban J connectivity index is 1.44. The van der Waals surface area contributed by atoms with Crippen LogP contribution >= 0.6 is 0 Å². The molecule has 2 aliphatic heterocycles. The quantitative estimate of drug-likeness (QED) is 0.853. The van der Waals surface area contributed by atoms with Crippen LogP contribution in [0, 0.1) is 0 Å². The number of ether oxygens (including phenoxy) is 1. The van der Waals surface area contributed by atoms with Gasteiger partial charge in [0.05, 0.1) is 11.8 Å². The van der Waals surface area contributed by atoms with Crippen LogP contribution in [0.3, 0.4) is 0 Å². The monoisotopic (exact) mass is 366 g/mol. The molecule has 1 saturated heterocycles. The first kappa shape index (κ1) is 18.0. The van der Waals surface area contributed by atoms with Crippen LogP contribution in [-0.4, -0.2) is 41.7 Å². The predicted molar refractivity (Wildman–Crippen MR) is 105 cm³/mol. The van der Waals surface area contributed by atoms with Crippen LogP contribution in [0.25, 0.3) is 0 Å². The van der Waals surface area contributed by atoms with Crippen molar-refractivity contribution >= 4 is 11.6 Å². The molecule has 2 atom stereocenters. The number of aliphatic hydroxyl groups is 1. The number of likely N-dealkylation sites (tertiary alicyclic amines) is 1. The van der Waals surface area contributed by atoms with E-state index in [-0.39, 0.29) is 12.5 Å². The number of hydrogen-bond donors (Lipinski definition) is 2. The Bertz CT molecular complexity index is 793. The van der Waals surface area contributed by atoms with Gasteiger partial charge in [-0.15, -0.1) is 0 Å². The minimum absolute atomic E-state index is 0.0256. The van der Waals surface area contributed by atoms with Crippen molar-refractivity contribution < 1.29 is 14.6 Å². The van der Waals surface area contributed by atoms with E-state index >= 15 is 0 Å². The fraction of sp³-hybridized carbons (Fsp3) is 0.409. The highest BCUT2D eigenvalue weighted by Gasteiger charge is 2.26. The zero-order valence-corrected chi connectivity index (χ0v) is 15.4. The Morgan fingerprint density at radius 3 is 2.89 bits per heavy atom. The molecular weight excluding hydrogens is 340 g/mol. The predicted octanol–water partition coefficient (Wildman–Crippen LogP) is 3.15. The number of nitrogens with zero attached hydrogens (tertiary/aromatic N) is 1. The molecule has 0 aliphatic carbocycles. The number of benzene rings is 2. The first-order chi connectivity index (χ1) is 13.2. The van der Waals surface area contributed by atoms with Crippen LogP contribution < -0.4 is 10.1 Å². The molecule has 2 aromatic rings. The molecule has 2 heterocycles. The van der Waals surface area contributed by atoms with Gasteiger partial charge in [0.15, 0.2) is 6.61 Å². The van der Waals surface area contributed by atoms with E-state index in [1.165, 1.54) is 24.8 Å². The van der Waals surface area contributed by atoms with Crippen LogP contribution in [-0.2, 0) is 11.2 Å². The number of aliphatic hydroxyl groups excluding tert-OH is 1. The van der Waals surface area contributed by atoms with Gasteiger partial charge in [-0.05, 0) is 49.1 Å². The third-order valence-electron chi connectivity index (χ3n) is 5.49. The van der Waals surface area contributed by atoms with E-state index in [4.69, 9.17) is 4.74 Å². The van der Waals surface area contributed by atoms with Gasteiger partial charge in [0, 0.05) is 12.6 Å². The molecule has 0 saturated carbocycles. The molecular formula is C22H26N2O3. The number of hydrogen-bond acceptors (Lipinski definition) is 4. The second kappa shape index (κ2) is 8.11. The van der Waals surface area contributed by atoms with Crippen molar-refractivity contribution in [1.82, 2.24) is 4.90 Å². The zero-order chi connectivity index (χ0) is 18.6. The number of rotatable bonds is 5. The van der Waals surface area contributed by atoms with E-state index in [0.29, 0.717) is 24.0 Å². The van der Waals surface area contributed by atoms with E-state index in [1.54, 1.807) is 0 Å². The summed E-state index contributed by atoms with van der Waals surface area (Å²) in [6, 6.07) is 16.6. The number of carbonyl (C=O) groups is 1. The van der Waals surface area contributed by atoms with E-state index in [2.05, 4.69) is 34.5 Å². The van der Waals surface area contributed by atoms with Crippen molar-refractivity contribution in [3.8, 4) is 5.75 Å². The molecule has 4 rings (SSSR count). The Morgan fingerprint density at radius 2 is 2.04 bits per heavy atom. The van der Waals surface area contributed by atoms with Gasteiger partial charge in [0.1, 0.15) is 5.75 Å². The first-order valence-corrected chi connectivity index (χ1v) is 9.72. The highest BCUT2D eigenvalue weighted by atomic mass is 16.5. The van der Waals surface area contributed by atoms with Gasteiger partial charge in [-0.25, -0.2) is 0 Å². The average molecular weight is 366 g/mol. The summed E-state index contributed by atoms with van der Waals surface area (Å²) < 4.78 is 5.48. The number of anilines is 1. The number of nitrogens with one attached hydrogen (secondary N) is 1. The first-order valence-electron chi connectivity index (χ1n) is 9.72. The molecule has 2 aromatic carbocycles. The highest BCUT2D eigenvalue weighted by molar-refractivity contribution is 5.95. The number of β-amino-alcohol motifs (C(OH)–C–C–N with tert-alkyl or cyclic N) is 1. The maximum absolute atomic E-state index is 11.4. The molecule has 27 heavy (non-hydrogen) atoms. The molecule has 1 fully saturated rings. The average Bonchev–Trinajstić information content (AvgIpc) is 2.70. The Kier molecular flexibility index (Phi) is 5.41. The molecule has 0 spiro atoms. The molecule has 142 valence electrons. The Labute approximate surface area is 160 Å². The van der Waals surface area contributed by atoms with Crippen molar-refractivity contribution in [1.29, 1.82) is 0 Å². The minimum atomic E-state index is -0.576. The summed E-state index contributed by atoms with van der Waals surface area (Å²) in [5, 5.41) is 13.6. The molecule has 2 N–H and O–H groups in total. The summed E-state index contributed by atoms with van der Waals surface area (Å²) in [5.41, 5.74) is 2.85. The van der Waals surface area contributed by atoms with Gasteiger partial charge < -0.3 is 15.2 Å². The molecule has 0 aromatic heterocycles. The summed E-state index contributed by atoms with van der Waals surface area (Å²) in [5.74, 6) is 0.485. The molecule has 2 unspecified atom stereocenters. The lowest BCUT2D eigenvalue weighted by molar-refractivity contribution is -0.118. The van der Waals surface area contributed by atoms with Gasteiger partial charge in [-0.3, -0.25) is 9.69 Å². The minimum Gasteiger partial charge on any atom is -0.482 e. The van der Waals surface area contributed by atoms with Crippen molar-refractivity contribution in [3.05, 3.63) is 59.7 Å². The summed E-state index contributed by atoms with van der Waals surface area (Å²) in [6.07, 6.45) is 4.04. The zero-order valence-electron chi connectivity index (χ0n) is 15.4. The van der Waals surface area contributed by atoms with Crippen LogP contribution in [0.5, 0.6) is 5.75 Å². The van der Waals surface area contributed by atoms with Crippen LogP contribution in [0.4, 0.5) is 5.69 Å². The van der Waals surface area contributed by atoms with E-state index in [9.17, 15) is 9.90 Å². The fourth-order valence-corrected chi connectivity index (χ4v) is 4.04. The summed E-state index contributed by atoms with van der Waals surface area (Å²) in [7, 11) is 0. The van der Waals surface area contributed by atoms with Crippen LogP contribution in [0.15, 0.2) is 48.5 Å². The lowest BCUT2D eigenvalue weighted by Crippen LogP contribution is -2.43. The number of fused-ring (bicyclic) bond motifs is 1. The summed E-state index contributed by atoms with van der Waals surface area (Å²) in [6.45, 7) is 1.66. The van der Waals surface area contributed by atoms with Crippen molar-refractivity contribution in [3.63, 3.8) is 0 Å². The molecule has 5 heteroatoms. The maximum Gasteiger partial charge on any atom is 0.262 e. The Morgan fingerprint density at radius 1 is 1.19 bits per heavy atom. The van der Waals surface area contributed by atoms with Crippen molar-refractivity contribution in [2.24, 2.45) is 0 Å². The van der Waals surface area contributed by atoms with Gasteiger partial charge in [0.25, 0.3) is 5.91 Å². The van der Waals surface area contributed by atoms with Gasteiger partial charge >= 0.3 is 0 Å². The van der Waals surface area contributed by atoms with Gasteiger partial charge in [0.2, 0.25) is 0 Å². The summed E-state index contributed by atoms with van der Waals surface area (Å²) >= 11 is 0. The van der Waals surface area contributed by atoms with Crippen LogP contribution in [0.2, 0.25) is 0 Å². The largest absolute Gasteiger partial charge is 0.482 e. The van der Waals surface area contributed by atoms with Gasteiger partial charge in [-0.2, -0.15) is 0 Å².